The molecule has 1 aliphatic rings. The number of nitrogens with one attached hydrogen (secondary N) is 3. The molecule has 2 amide bonds. The highest BCUT2D eigenvalue weighted by Gasteiger charge is 2.29. The second-order valence-corrected chi connectivity index (χ2v) is 10.9. The topological polar surface area (TPSA) is 92.4 Å². The maximum absolute atomic E-state index is 13.2. The Balaban J connectivity index is 1.28. The molecule has 202 valence electrons. The molecule has 0 bridgehead atoms. The zero-order valence-electron chi connectivity index (χ0n) is 22.3. The minimum Gasteiger partial charge on any atom is -0.497 e. The van der Waals surface area contributed by atoms with E-state index in [0.29, 0.717) is 37.5 Å². The molecule has 1 unspecified atom stereocenters. The monoisotopic (exact) mass is 534 g/mol. The summed E-state index contributed by atoms with van der Waals surface area (Å²) in [6, 6.07) is 15.3. The van der Waals surface area contributed by atoms with Crippen molar-refractivity contribution < 1.29 is 14.3 Å². The Morgan fingerprint density at radius 1 is 1.03 bits per heavy atom. The standard InChI is InChI=1S/C30H38N4O3S/c1-21-34-28(20-38-21)23-9-6-10-24(19-23)29(35)32-16-15-27(22-7-4-3-5-8-22)30(36)33-18-17-31-25-11-13-26(37-2)14-12-25/h6,9-14,19-20,22,27,31H,3-5,7-8,15-18H2,1-2H3,(H,32,35)(H,33,36). The van der Waals surface area contributed by atoms with Gasteiger partial charge in [0.1, 0.15) is 5.75 Å². The molecule has 2 aromatic carbocycles. The van der Waals surface area contributed by atoms with Crippen molar-refractivity contribution in [3.63, 3.8) is 0 Å². The smallest absolute Gasteiger partial charge is 0.251 e. The minimum atomic E-state index is -0.120. The van der Waals surface area contributed by atoms with Gasteiger partial charge in [0, 0.05) is 47.7 Å². The van der Waals surface area contributed by atoms with E-state index in [1.807, 2.05) is 60.8 Å². The lowest BCUT2D eigenvalue weighted by atomic mass is 9.78. The lowest BCUT2D eigenvalue weighted by molar-refractivity contribution is -0.127. The number of ether oxygens (including phenoxy) is 1. The maximum atomic E-state index is 13.2. The number of thiazole rings is 1. The van der Waals surface area contributed by atoms with Gasteiger partial charge < -0.3 is 20.7 Å². The Bertz CT molecular complexity index is 1190. The van der Waals surface area contributed by atoms with Gasteiger partial charge in [-0.15, -0.1) is 11.3 Å². The van der Waals surface area contributed by atoms with Gasteiger partial charge in [0.05, 0.1) is 17.8 Å². The molecule has 38 heavy (non-hydrogen) atoms. The summed E-state index contributed by atoms with van der Waals surface area (Å²) in [6.07, 6.45) is 6.36. The Labute approximate surface area is 229 Å². The van der Waals surface area contributed by atoms with E-state index >= 15 is 0 Å². The van der Waals surface area contributed by atoms with Gasteiger partial charge >= 0.3 is 0 Å². The highest BCUT2D eigenvalue weighted by Crippen LogP contribution is 2.32. The molecule has 0 spiro atoms. The predicted octanol–water partition coefficient (Wildman–Crippen LogP) is 5.67. The summed E-state index contributed by atoms with van der Waals surface area (Å²) in [6.45, 7) is 3.63. The summed E-state index contributed by atoms with van der Waals surface area (Å²) in [5.74, 6) is 1.05. The van der Waals surface area contributed by atoms with E-state index in [9.17, 15) is 9.59 Å². The van der Waals surface area contributed by atoms with E-state index in [0.717, 1.165) is 40.5 Å². The molecule has 1 fully saturated rings. The van der Waals surface area contributed by atoms with Crippen molar-refractivity contribution >= 4 is 28.8 Å². The fraction of sp³-hybridized carbons (Fsp3) is 0.433. The first-order valence-electron chi connectivity index (χ1n) is 13.5. The van der Waals surface area contributed by atoms with Crippen LogP contribution in [0.3, 0.4) is 0 Å². The molecule has 1 heterocycles. The molecule has 7 nitrogen and oxygen atoms in total. The van der Waals surface area contributed by atoms with E-state index < -0.39 is 0 Å². The maximum Gasteiger partial charge on any atom is 0.251 e. The van der Waals surface area contributed by atoms with E-state index in [1.54, 1.807) is 18.4 Å². The molecular formula is C30H38N4O3S. The van der Waals surface area contributed by atoms with Crippen LogP contribution in [0.1, 0.15) is 53.9 Å². The van der Waals surface area contributed by atoms with Gasteiger partial charge in [-0.2, -0.15) is 0 Å². The second kappa shape index (κ2) is 14.0. The van der Waals surface area contributed by atoms with Crippen molar-refractivity contribution in [3.8, 4) is 17.0 Å². The number of amides is 2. The average Bonchev–Trinajstić information content (AvgIpc) is 3.40. The highest BCUT2D eigenvalue weighted by molar-refractivity contribution is 7.09. The van der Waals surface area contributed by atoms with Crippen molar-refractivity contribution in [1.82, 2.24) is 15.6 Å². The number of anilines is 1. The third-order valence-electron chi connectivity index (χ3n) is 7.18. The number of carbonyl (C=O) groups is 2. The molecule has 0 saturated heterocycles. The normalized spacial score (nSPS) is 14.5. The number of hydrogen-bond acceptors (Lipinski definition) is 6. The third-order valence-corrected chi connectivity index (χ3v) is 7.95. The van der Waals surface area contributed by atoms with Gasteiger partial charge in [-0.25, -0.2) is 4.98 Å². The first-order chi connectivity index (χ1) is 18.5. The van der Waals surface area contributed by atoms with E-state index in [1.165, 1.54) is 19.3 Å². The van der Waals surface area contributed by atoms with Crippen LogP contribution in [0.2, 0.25) is 0 Å². The molecular weight excluding hydrogens is 496 g/mol. The number of benzene rings is 2. The molecule has 1 saturated carbocycles. The summed E-state index contributed by atoms with van der Waals surface area (Å²) >= 11 is 1.60. The number of aromatic nitrogens is 1. The van der Waals surface area contributed by atoms with Crippen LogP contribution in [0.15, 0.2) is 53.9 Å². The quantitative estimate of drug-likeness (QED) is 0.260. The zero-order chi connectivity index (χ0) is 26.7. The van der Waals surface area contributed by atoms with Crippen molar-refractivity contribution in [3.05, 3.63) is 64.5 Å². The first kappa shape index (κ1) is 27.6. The Kier molecular flexibility index (Phi) is 10.1. The van der Waals surface area contributed by atoms with Crippen molar-refractivity contribution in [1.29, 1.82) is 0 Å². The van der Waals surface area contributed by atoms with Gasteiger partial charge in [-0.1, -0.05) is 31.4 Å². The summed E-state index contributed by atoms with van der Waals surface area (Å²) in [4.78, 5) is 30.6. The molecule has 0 radical (unpaired) electrons. The van der Waals surface area contributed by atoms with Crippen LogP contribution in [0.25, 0.3) is 11.3 Å². The molecule has 0 aliphatic heterocycles. The lowest BCUT2D eigenvalue weighted by Gasteiger charge is -2.29. The second-order valence-electron chi connectivity index (χ2n) is 9.83. The summed E-state index contributed by atoms with van der Waals surface area (Å²) in [5, 5.41) is 12.5. The number of hydrogen-bond donors (Lipinski definition) is 3. The molecule has 3 N–H and O–H groups in total. The van der Waals surface area contributed by atoms with Crippen LogP contribution in [-0.4, -0.2) is 43.5 Å². The van der Waals surface area contributed by atoms with Crippen LogP contribution >= 0.6 is 11.3 Å². The number of aryl methyl sites for hydroxylation is 1. The third kappa shape index (κ3) is 7.81. The Hall–Kier alpha value is -3.39. The van der Waals surface area contributed by atoms with E-state index in [4.69, 9.17) is 4.74 Å². The van der Waals surface area contributed by atoms with E-state index in [-0.39, 0.29) is 17.7 Å². The van der Waals surface area contributed by atoms with Crippen LogP contribution in [-0.2, 0) is 4.79 Å². The summed E-state index contributed by atoms with van der Waals surface area (Å²) < 4.78 is 5.19. The molecule has 8 heteroatoms. The molecule has 4 rings (SSSR count). The number of carbonyl (C=O) groups excluding carboxylic acids is 2. The molecule has 3 aromatic rings. The van der Waals surface area contributed by atoms with Crippen LogP contribution in [0.5, 0.6) is 5.75 Å². The van der Waals surface area contributed by atoms with Crippen molar-refractivity contribution in [2.45, 2.75) is 45.4 Å². The Morgan fingerprint density at radius 2 is 1.82 bits per heavy atom. The van der Waals surface area contributed by atoms with Gasteiger partial charge in [0.25, 0.3) is 5.91 Å². The van der Waals surface area contributed by atoms with Crippen LogP contribution < -0.4 is 20.7 Å². The van der Waals surface area contributed by atoms with E-state index in [2.05, 4.69) is 20.9 Å². The van der Waals surface area contributed by atoms with Gasteiger partial charge in [-0.3, -0.25) is 9.59 Å². The first-order valence-corrected chi connectivity index (χ1v) is 14.4. The molecule has 1 aliphatic carbocycles. The molecule has 1 atom stereocenters. The highest BCUT2D eigenvalue weighted by atomic mass is 32.1. The van der Waals surface area contributed by atoms with Crippen LogP contribution in [0.4, 0.5) is 5.69 Å². The van der Waals surface area contributed by atoms with Gasteiger partial charge in [0.15, 0.2) is 0 Å². The van der Waals surface area contributed by atoms with Crippen molar-refractivity contribution in [2.75, 3.05) is 32.1 Å². The number of methoxy groups -OCH3 is 1. The summed E-state index contributed by atoms with van der Waals surface area (Å²) in [5.41, 5.74) is 3.42. The fourth-order valence-corrected chi connectivity index (χ4v) is 5.73. The van der Waals surface area contributed by atoms with Gasteiger partial charge in [-0.05, 0) is 68.5 Å². The van der Waals surface area contributed by atoms with Crippen molar-refractivity contribution in [2.24, 2.45) is 11.8 Å². The SMILES string of the molecule is COc1ccc(NCCNC(=O)C(CCNC(=O)c2cccc(-c3csc(C)n3)c2)C2CCCCC2)cc1. The molecule has 1 aromatic heterocycles. The predicted molar refractivity (Wildman–Crippen MR) is 154 cm³/mol. The average molecular weight is 535 g/mol. The minimum absolute atomic E-state index is 0.0866. The fourth-order valence-electron chi connectivity index (χ4n) is 5.11. The zero-order valence-corrected chi connectivity index (χ0v) is 23.1. The summed E-state index contributed by atoms with van der Waals surface area (Å²) in [7, 11) is 1.65. The lowest BCUT2D eigenvalue weighted by Crippen LogP contribution is -2.40. The largest absolute Gasteiger partial charge is 0.497 e. The van der Waals surface area contributed by atoms with Crippen LogP contribution in [0, 0.1) is 18.8 Å². The Morgan fingerprint density at radius 3 is 2.53 bits per heavy atom. The number of nitrogens with zero attached hydrogens (tertiary/aromatic N) is 1. The van der Waals surface area contributed by atoms with Gasteiger partial charge in [0.2, 0.25) is 5.91 Å². The number of rotatable bonds is 12.